The van der Waals surface area contributed by atoms with Crippen LogP contribution in [0.3, 0.4) is 0 Å². The number of carbonyl (C=O) groups is 2. The summed E-state index contributed by atoms with van der Waals surface area (Å²) in [5.41, 5.74) is 7.47. The number of aryl methyl sites for hydroxylation is 2. The molecule has 2 saturated heterocycles. The minimum absolute atomic E-state index is 0.0571. The molecule has 3 N–H and O–H groups in total. The van der Waals surface area contributed by atoms with Gasteiger partial charge >= 0.3 is 0 Å². The summed E-state index contributed by atoms with van der Waals surface area (Å²) in [6.07, 6.45) is 1.69. The topological polar surface area (TPSA) is 93.2 Å². The quantitative estimate of drug-likeness (QED) is 0.734. The molecule has 0 aliphatic carbocycles. The van der Waals surface area contributed by atoms with Crippen LogP contribution in [0.1, 0.15) is 29.0 Å². The number of nitrogen functional groups attached to an aromatic ring is 1. The fraction of sp³-hybridized carbons (Fsp3) is 0.615. The van der Waals surface area contributed by atoms with Crippen LogP contribution in [0, 0.1) is 12.8 Å². The predicted molar refractivity (Wildman–Crippen MR) is 72.9 cm³/mol. The lowest BCUT2D eigenvalue weighted by Gasteiger charge is -2.35. The zero-order valence-electron chi connectivity index (χ0n) is 11.7. The number of hydrogen-bond donors (Lipinski definition) is 2. The molecule has 1 aromatic heterocycles. The molecule has 20 heavy (non-hydrogen) atoms. The van der Waals surface area contributed by atoms with Gasteiger partial charge in [0.1, 0.15) is 5.69 Å². The Morgan fingerprint density at radius 3 is 2.90 bits per heavy atom. The zero-order valence-corrected chi connectivity index (χ0v) is 11.7. The van der Waals surface area contributed by atoms with Crippen LogP contribution >= 0.6 is 0 Å². The molecule has 108 valence electrons. The third-order valence-electron chi connectivity index (χ3n) is 4.33. The van der Waals surface area contributed by atoms with Crippen molar-refractivity contribution in [3.8, 4) is 0 Å². The van der Waals surface area contributed by atoms with Crippen molar-refractivity contribution in [1.29, 1.82) is 0 Å². The number of aromatic nitrogens is 2. The number of likely N-dealkylation sites (tertiary alicyclic amines) is 1. The summed E-state index contributed by atoms with van der Waals surface area (Å²) < 4.78 is 1.53. The number of rotatable bonds is 1. The fourth-order valence-corrected chi connectivity index (χ4v) is 3.27. The monoisotopic (exact) mass is 277 g/mol. The van der Waals surface area contributed by atoms with Gasteiger partial charge in [-0.1, -0.05) is 0 Å². The summed E-state index contributed by atoms with van der Waals surface area (Å²) in [7, 11) is 1.72. The number of nitrogens with two attached hydrogens (primary N) is 1. The molecule has 0 saturated carbocycles. The molecule has 0 radical (unpaired) electrons. The number of hydrogen-bond acceptors (Lipinski definition) is 4. The smallest absolute Gasteiger partial charge is 0.274 e. The van der Waals surface area contributed by atoms with Gasteiger partial charge in [0.2, 0.25) is 5.91 Å². The normalized spacial score (nSPS) is 25.5. The van der Waals surface area contributed by atoms with E-state index in [1.807, 2.05) is 0 Å². The SMILES string of the molecule is Cc1nn(C)c(C(=O)N2CCCC3C(=O)NCC32)c1N. The lowest BCUT2D eigenvalue weighted by Crippen LogP contribution is -2.49. The Kier molecular flexibility index (Phi) is 2.92. The minimum atomic E-state index is -0.128. The van der Waals surface area contributed by atoms with Gasteiger partial charge in [-0.2, -0.15) is 5.10 Å². The van der Waals surface area contributed by atoms with E-state index in [0.29, 0.717) is 30.2 Å². The van der Waals surface area contributed by atoms with Gasteiger partial charge in [0, 0.05) is 20.1 Å². The molecule has 3 rings (SSSR count). The third-order valence-corrected chi connectivity index (χ3v) is 4.33. The second kappa shape index (κ2) is 4.50. The van der Waals surface area contributed by atoms with Gasteiger partial charge in [-0.15, -0.1) is 0 Å². The Hall–Kier alpha value is -2.05. The second-order valence-corrected chi connectivity index (χ2v) is 5.53. The molecule has 2 unspecified atom stereocenters. The average Bonchev–Trinajstić information content (AvgIpc) is 2.91. The summed E-state index contributed by atoms with van der Waals surface area (Å²) in [4.78, 5) is 26.3. The maximum absolute atomic E-state index is 12.8. The van der Waals surface area contributed by atoms with Gasteiger partial charge < -0.3 is 16.0 Å². The van der Waals surface area contributed by atoms with Crippen molar-refractivity contribution in [3.63, 3.8) is 0 Å². The molecule has 0 spiro atoms. The highest BCUT2D eigenvalue weighted by molar-refractivity contribution is 5.99. The van der Waals surface area contributed by atoms with E-state index in [4.69, 9.17) is 5.73 Å². The summed E-state index contributed by atoms with van der Waals surface area (Å²) >= 11 is 0. The van der Waals surface area contributed by atoms with Crippen molar-refractivity contribution in [3.05, 3.63) is 11.4 Å². The molecule has 0 aromatic carbocycles. The second-order valence-electron chi connectivity index (χ2n) is 5.53. The molecule has 2 fully saturated rings. The molecular weight excluding hydrogens is 258 g/mol. The van der Waals surface area contributed by atoms with Crippen LogP contribution in [0.15, 0.2) is 0 Å². The third kappa shape index (κ3) is 1.76. The highest BCUT2D eigenvalue weighted by Crippen LogP contribution is 2.29. The highest BCUT2D eigenvalue weighted by atomic mass is 16.2. The number of carbonyl (C=O) groups excluding carboxylic acids is 2. The van der Waals surface area contributed by atoms with Gasteiger partial charge in [0.05, 0.1) is 23.3 Å². The van der Waals surface area contributed by atoms with Crippen molar-refractivity contribution in [2.75, 3.05) is 18.8 Å². The largest absolute Gasteiger partial charge is 0.395 e. The first kappa shape index (κ1) is 13.0. The molecule has 2 aliphatic rings. The molecule has 2 amide bonds. The maximum Gasteiger partial charge on any atom is 0.274 e. The lowest BCUT2D eigenvalue weighted by atomic mass is 9.91. The van der Waals surface area contributed by atoms with Crippen LogP contribution in [-0.2, 0) is 11.8 Å². The van der Waals surface area contributed by atoms with Gasteiger partial charge in [0.25, 0.3) is 5.91 Å². The Balaban J connectivity index is 1.92. The molecule has 2 atom stereocenters. The number of piperidine rings is 1. The molecular formula is C13H19N5O2. The molecule has 0 bridgehead atoms. The molecule has 1 aromatic rings. The summed E-state index contributed by atoms with van der Waals surface area (Å²) in [6.45, 7) is 2.98. The lowest BCUT2D eigenvalue weighted by molar-refractivity contribution is -0.123. The van der Waals surface area contributed by atoms with Crippen molar-refractivity contribution in [1.82, 2.24) is 20.0 Å². The maximum atomic E-state index is 12.8. The van der Waals surface area contributed by atoms with Gasteiger partial charge in [0.15, 0.2) is 0 Å². The molecule has 2 aliphatic heterocycles. The van der Waals surface area contributed by atoms with Gasteiger partial charge in [-0.05, 0) is 19.8 Å². The van der Waals surface area contributed by atoms with Crippen LogP contribution in [-0.4, -0.2) is 45.6 Å². The zero-order chi connectivity index (χ0) is 14.4. The summed E-state index contributed by atoms with van der Waals surface area (Å²) in [6, 6.07) is -0.0571. The highest BCUT2D eigenvalue weighted by Gasteiger charge is 2.43. The first-order chi connectivity index (χ1) is 9.50. The summed E-state index contributed by atoms with van der Waals surface area (Å²) in [5, 5.41) is 7.03. The fourth-order valence-electron chi connectivity index (χ4n) is 3.27. The standard InChI is InChI=1S/C13H19N5O2/c1-7-10(14)11(17(2)16-7)13(20)18-5-3-4-8-9(18)6-15-12(8)19/h8-9H,3-6,14H2,1-2H3,(H,15,19). The number of anilines is 1. The van der Waals surface area contributed by atoms with Crippen LogP contribution in [0.4, 0.5) is 5.69 Å². The van der Waals surface area contributed by atoms with E-state index in [0.717, 1.165) is 12.8 Å². The Morgan fingerprint density at radius 1 is 1.50 bits per heavy atom. The van der Waals surface area contributed by atoms with E-state index < -0.39 is 0 Å². The average molecular weight is 277 g/mol. The van der Waals surface area contributed by atoms with Gasteiger partial charge in [-0.25, -0.2) is 0 Å². The van der Waals surface area contributed by atoms with E-state index in [-0.39, 0.29) is 23.8 Å². The van der Waals surface area contributed by atoms with E-state index in [9.17, 15) is 9.59 Å². The van der Waals surface area contributed by atoms with E-state index >= 15 is 0 Å². The van der Waals surface area contributed by atoms with Crippen molar-refractivity contribution in [2.24, 2.45) is 13.0 Å². The minimum Gasteiger partial charge on any atom is -0.395 e. The Morgan fingerprint density at radius 2 is 2.25 bits per heavy atom. The van der Waals surface area contributed by atoms with E-state index in [1.54, 1.807) is 18.9 Å². The van der Waals surface area contributed by atoms with Crippen molar-refractivity contribution >= 4 is 17.5 Å². The first-order valence-corrected chi connectivity index (χ1v) is 6.88. The van der Waals surface area contributed by atoms with Gasteiger partial charge in [-0.3, -0.25) is 14.3 Å². The molecule has 7 heteroatoms. The summed E-state index contributed by atoms with van der Waals surface area (Å²) in [5.74, 6) is -0.151. The van der Waals surface area contributed by atoms with Crippen molar-refractivity contribution < 1.29 is 9.59 Å². The number of amides is 2. The van der Waals surface area contributed by atoms with Crippen LogP contribution in [0.5, 0.6) is 0 Å². The van der Waals surface area contributed by atoms with Crippen LogP contribution in [0.2, 0.25) is 0 Å². The van der Waals surface area contributed by atoms with E-state index in [2.05, 4.69) is 10.4 Å². The number of nitrogens with one attached hydrogen (secondary N) is 1. The molecule has 3 heterocycles. The van der Waals surface area contributed by atoms with Crippen LogP contribution in [0.25, 0.3) is 0 Å². The van der Waals surface area contributed by atoms with Crippen LogP contribution < -0.4 is 11.1 Å². The number of nitrogens with zero attached hydrogens (tertiary/aromatic N) is 3. The number of fused-ring (bicyclic) bond motifs is 1. The Bertz CT molecular complexity index is 580. The molecule has 7 nitrogen and oxygen atoms in total. The first-order valence-electron chi connectivity index (χ1n) is 6.88. The van der Waals surface area contributed by atoms with Crippen molar-refractivity contribution in [2.45, 2.75) is 25.8 Å². The Labute approximate surface area is 117 Å². The predicted octanol–water partition coefficient (Wildman–Crippen LogP) is -0.339. The van der Waals surface area contributed by atoms with E-state index in [1.165, 1.54) is 4.68 Å².